The van der Waals surface area contributed by atoms with Gasteiger partial charge in [-0.1, -0.05) is 26.8 Å². The Kier molecular flexibility index (Phi) is 2.33. The van der Waals surface area contributed by atoms with Crippen LogP contribution in [-0.2, 0) is 4.79 Å². The van der Waals surface area contributed by atoms with Gasteiger partial charge in [0.15, 0.2) is 5.78 Å². The molecular formula is C14H22O. The second-order valence-electron chi connectivity index (χ2n) is 6.10. The highest BCUT2D eigenvalue weighted by molar-refractivity contribution is 5.99. The third kappa shape index (κ3) is 1.47. The first-order valence-electron chi connectivity index (χ1n) is 6.14. The van der Waals surface area contributed by atoms with Crippen LogP contribution in [0.4, 0.5) is 0 Å². The lowest BCUT2D eigenvalue weighted by atomic mass is 9.61. The largest absolute Gasteiger partial charge is 0.294 e. The van der Waals surface area contributed by atoms with Gasteiger partial charge in [0.1, 0.15) is 0 Å². The maximum absolute atomic E-state index is 12.2. The SMILES string of the molecule is CC1=CC2(C(C)C)CCC(C)(CC2)C1=O. The summed E-state index contributed by atoms with van der Waals surface area (Å²) in [7, 11) is 0. The predicted octanol–water partition coefficient (Wildman–Crippen LogP) is 3.74. The molecule has 1 heteroatoms. The molecule has 0 unspecified atom stereocenters. The second kappa shape index (κ2) is 3.20. The molecule has 0 spiro atoms. The number of fused-ring (bicyclic) bond motifs is 3. The monoisotopic (exact) mass is 206 g/mol. The molecule has 3 aliphatic rings. The molecule has 0 saturated heterocycles. The van der Waals surface area contributed by atoms with Crippen LogP contribution in [0, 0.1) is 16.7 Å². The van der Waals surface area contributed by atoms with Gasteiger partial charge in [-0.3, -0.25) is 4.79 Å². The lowest BCUT2D eigenvalue weighted by Crippen LogP contribution is -2.35. The lowest BCUT2D eigenvalue weighted by molar-refractivity contribution is -0.125. The van der Waals surface area contributed by atoms with Crippen LogP contribution < -0.4 is 0 Å². The van der Waals surface area contributed by atoms with Gasteiger partial charge < -0.3 is 0 Å². The summed E-state index contributed by atoms with van der Waals surface area (Å²) in [5, 5.41) is 0. The van der Waals surface area contributed by atoms with Gasteiger partial charge in [0, 0.05) is 5.41 Å². The predicted molar refractivity (Wildman–Crippen MR) is 62.6 cm³/mol. The molecule has 0 aromatic carbocycles. The van der Waals surface area contributed by atoms with Gasteiger partial charge in [0.05, 0.1) is 0 Å². The quantitative estimate of drug-likeness (QED) is 0.638. The fourth-order valence-electron chi connectivity index (χ4n) is 3.36. The van der Waals surface area contributed by atoms with Crippen molar-refractivity contribution in [2.45, 2.75) is 53.4 Å². The molecule has 3 aliphatic carbocycles. The summed E-state index contributed by atoms with van der Waals surface area (Å²) in [4.78, 5) is 12.2. The van der Waals surface area contributed by atoms with E-state index in [0.29, 0.717) is 17.1 Å². The summed E-state index contributed by atoms with van der Waals surface area (Å²) in [5.41, 5.74) is 1.28. The number of rotatable bonds is 1. The topological polar surface area (TPSA) is 17.1 Å². The van der Waals surface area contributed by atoms with E-state index in [0.717, 1.165) is 18.4 Å². The highest BCUT2D eigenvalue weighted by Crippen LogP contribution is 2.54. The van der Waals surface area contributed by atoms with Gasteiger partial charge >= 0.3 is 0 Å². The second-order valence-corrected chi connectivity index (χ2v) is 6.10. The summed E-state index contributed by atoms with van der Waals surface area (Å²) in [6.45, 7) is 8.75. The van der Waals surface area contributed by atoms with Crippen molar-refractivity contribution < 1.29 is 4.79 Å². The van der Waals surface area contributed by atoms with Gasteiger partial charge in [0.25, 0.3) is 0 Å². The molecule has 1 fully saturated rings. The van der Waals surface area contributed by atoms with Gasteiger partial charge in [0.2, 0.25) is 0 Å². The van der Waals surface area contributed by atoms with Crippen molar-refractivity contribution in [3.63, 3.8) is 0 Å². The fourth-order valence-corrected chi connectivity index (χ4v) is 3.36. The lowest BCUT2D eigenvalue weighted by Gasteiger charge is -2.42. The maximum Gasteiger partial charge on any atom is 0.164 e. The molecule has 3 rings (SSSR count). The van der Waals surface area contributed by atoms with E-state index in [9.17, 15) is 4.79 Å². The third-order valence-corrected chi connectivity index (χ3v) is 4.84. The summed E-state index contributed by atoms with van der Waals surface area (Å²) in [6.07, 6.45) is 6.85. The number of carbonyl (C=O) groups is 1. The zero-order chi connectivity index (χ0) is 11.3. The molecule has 84 valence electrons. The molecule has 0 aromatic heterocycles. The van der Waals surface area contributed by atoms with E-state index in [1.165, 1.54) is 12.8 Å². The number of ketones is 1. The minimum atomic E-state index is -0.0462. The molecule has 0 atom stereocenters. The zero-order valence-electron chi connectivity index (χ0n) is 10.4. The van der Waals surface area contributed by atoms with Gasteiger partial charge in [-0.2, -0.15) is 0 Å². The van der Waals surface area contributed by atoms with E-state index >= 15 is 0 Å². The molecule has 15 heavy (non-hydrogen) atoms. The number of Topliss-reactive ketones (excluding diaryl/α,β-unsaturated/α-hetero) is 1. The van der Waals surface area contributed by atoms with Crippen LogP contribution in [0.3, 0.4) is 0 Å². The Morgan fingerprint density at radius 3 is 2.20 bits per heavy atom. The average molecular weight is 206 g/mol. The Morgan fingerprint density at radius 2 is 1.73 bits per heavy atom. The van der Waals surface area contributed by atoms with Crippen molar-refractivity contribution in [1.29, 1.82) is 0 Å². The molecule has 1 nitrogen and oxygen atoms in total. The molecule has 1 saturated carbocycles. The van der Waals surface area contributed by atoms with Crippen molar-refractivity contribution in [2.75, 3.05) is 0 Å². The Balaban J connectivity index is 2.46. The van der Waals surface area contributed by atoms with Crippen molar-refractivity contribution in [3.05, 3.63) is 11.6 Å². The van der Waals surface area contributed by atoms with E-state index in [4.69, 9.17) is 0 Å². The molecule has 0 N–H and O–H groups in total. The highest BCUT2D eigenvalue weighted by Gasteiger charge is 2.47. The molecule has 0 radical (unpaired) electrons. The van der Waals surface area contributed by atoms with Crippen LogP contribution >= 0.6 is 0 Å². The van der Waals surface area contributed by atoms with E-state index in [1.54, 1.807) is 0 Å². The van der Waals surface area contributed by atoms with Crippen molar-refractivity contribution >= 4 is 5.78 Å². The summed E-state index contributed by atoms with van der Waals surface area (Å²) >= 11 is 0. The molecule has 0 amide bonds. The Hall–Kier alpha value is -0.590. The van der Waals surface area contributed by atoms with Crippen LogP contribution in [0.2, 0.25) is 0 Å². The van der Waals surface area contributed by atoms with Crippen molar-refractivity contribution in [3.8, 4) is 0 Å². The van der Waals surface area contributed by atoms with E-state index in [-0.39, 0.29) is 5.41 Å². The fraction of sp³-hybridized carbons (Fsp3) is 0.786. The standard InChI is InChI=1S/C14H22O/c1-10(2)14-7-5-13(4,6-8-14)12(15)11(3)9-14/h9-10H,5-8H2,1-4H3. The van der Waals surface area contributed by atoms with Crippen LogP contribution in [-0.4, -0.2) is 5.78 Å². The minimum Gasteiger partial charge on any atom is -0.294 e. The Labute approximate surface area is 92.9 Å². The van der Waals surface area contributed by atoms with Gasteiger partial charge in [-0.25, -0.2) is 0 Å². The van der Waals surface area contributed by atoms with Crippen molar-refractivity contribution in [2.24, 2.45) is 16.7 Å². The summed E-state index contributed by atoms with van der Waals surface area (Å²) in [6, 6.07) is 0. The van der Waals surface area contributed by atoms with E-state index in [1.807, 2.05) is 6.92 Å². The van der Waals surface area contributed by atoms with Crippen LogP contribution in [0.15, 0.2) is 11.6 Å². The molecule has 0 aliphatic heterocycles. The van der Waals surface area contributed by atoms with Gasteiger partial charge in [-0.15, -0.1) is 0 Å². The Morgan fingerprint density at radius 1 is 1.20 bits per heavy atom. The molecule has 2 bridgehead atoms. The first kappa shape index (κ1) is 10.9. The van der Waals surface area contributed by atoms with Gasteiger partial charge in [-0.05, 0) is 49.5 Å². The number of hydrogen-bond donors (Lipinski definition) is 0. The number of allylic oxidation sites excluding steroid dienone is 2. The normalized spacial score (nSPS) is 40.6. The minimum absolute atomic E-state index is 0.0462. The average Bonchev–Trinajstić information content (AvgIpc) is 2.34. The maximum atomic E-state index is 12.2. The number of carbonyl (C=O) groups excluding carboxylic acids is 1. The van der Waals surface area contributed by atoms with E-state index < -0.39 is 0 Å². The van der Waals surface area contributed by atoms with Crippen LogP contribution in [0.25, 0.3) is 0 Å². The zero-order valence-corrected chi connectivity index (χ0v) is 10.4. The van der Waals surface area contributed by atoms with Crippen molar-refractivity contribution in [1.82, 2.24) is 0 Å². The smallest absolute Gasteiger partial charge is 0.164 e. The highest BCUT2D eigenvalue weighted by atomic mass is 16.1. The summed E-state index contributed by atoms with van der Waals surface area (Å²) < 4.78 is 0. The Bertz CT molecular complexity index is 314. The number of hydrogen-bond acceptors (Lipinski definition) is 1. The summed E-state index contributed by atoms with van der Waals surface area (Å²) in [5.74, 6) is 1.06. The van der Waals surface area contributed by atoms with Crippen LogP contribution in [0.5, 0.6) is 0 Å². The molecular weight excluding hydrogens is 184 g/mol. The first-order chi connectivity index (χ1) is 6.90. The van der Waals surface area contributed by atoms with E-state index in [2.05, 4.69) is 26.8 Å². The first-order valence-corrected chi connectivity index (χ1v) is 6.14. The molecule has 0 aromatic rings. The molecule has 0 heterocycles. The van der Waals surface area contributed by atoms with Crippen LogP contribution in [0.1, 0.15) is 53.4 Å². The third-order valence-electron chi connectivity index (χ3n) is 4.84.